The lowest BCUT2D eigenvalue weighted by Crippen LogP contribution is -2.36. The van der Waals surface area contributed by atoms with Crippen molar-refractivity contribution in [3.8, 4) is 0 Å². The number of hydrogen-bond donors (Lipinski definition) is 1. The first kappa shape index (κ1) is 17.6. The summed E-state index contributed by atoms with van der Waals surface area (Å²) in [4.78, 5) is 32.3. The zero-order valence-corrected chi connectivity index (χ0v) is 15.0. The normalized spacial score (nSPS) is 14.4. The molecule has 3 rings (SSSR count). The lowest BCUT2D eigenvalue weighted by Gasteiger charge is -2.28. The van der Waals surface area contributed by atoms with Crippen molar-refractivity contribution in [2.75, 3.05) is 36.5 Å². The van der Waals surface area contributed by atoms with Crippen LogP contribution >= 0.6 is 11.3 Å². The Labute approximate surface area is 150 Å². The van der Waals surface area contributed by atoms with Gasteiger partial charge in [-0.1, -0.05) is 0 Å². The van der Waals surface area contributed by atoms with Gasteiger partial charge in [0.05, 0.1) is 30.0 Å². The van der Waals surface area contributed by atoms with Gasteiger partial charge in [0, 0.05) is 30.8 Å². The molecule has 7 heteroatoms. The number of aromatic nitrogens is 1. The van der Waals surface area contributed by atoms with E-state index in [1.54, 1.807) is 12.3 Å². The van der Waals surface area contributed by atoms with Crippen LogP contribution in [0.1, 0.15) is 27.4 Å². The fourth-order valence-corrected chi connectivity index (χ4v) is 3.44. The van der Waals surface area contributed by atoms with Crippen LogP contribution in [-0.4, -0.2) is 43.0 Å². The van der Waals surface area contributed by atoms with Crippen molar-refractivity contribution in [3.63, 3.8) is 0 Å². The lowest BCUT2D eigenvalue weighted by molar-refractivity contribution is -0.116. The minimum absolute atomic E-state index is 0.00359. The van der Waals surface area contributed by atoms with E-state index < -0.39 is 0 Å². The van der Waals surface area contributed by atoms with Crippen LogP contribution in [0.25, 0.3) is 0 Å². The Morgan fingerprint density at radius 1 is 1.20 bits per heavy atom. The average molecular weight is 359 g/mol. The first-order valence-electron chi connectivity index (χ1n) is 8.30. The summed E-state index contributed by atoms with van der Waals surface area (Å²) in [5.41, 5.74) is 1.02. The third-order valence-electron chi connectivity index (χ3n) is 3.99. The van der Waals surface area contributed by atoms with Crippen molar-refractivity contribution in [1.29, 1.82) is 0 Å². The Hall–Kier alpha value is -2.25. The third kappa shape index (κ3) is 4.87. The summed E-state index contributed by atoms with van der Waals surface area (Å²) in [6.07, 6.45) is 2.11. The van der Waals surface area contributed by atoms with Crippen LogP contribution in [0.15, 0.2) is 30.5 Å². The van der Waals surface area contributed by atoms with Gasteiger partial charge in [-0.25, -0.2) is 4.98 Å². The maximum atomic E-state index is 12.0. The molecule has 1 aliphatic rings. The highest BCUT2D eigenvalue weighted by Crippen LogP contribution is 2.18. The largest absolute Gasteiger partial charge is 0.378 e. The number of carbonyl (C=O) groups excluding carboxylic acids is 2. The summed E-state index contributed by atoms with van der Waals surface area (Å²) in [6, 6.07) is 7.45. The molecule has 0 aromatic carbocycles. The standard InChI is InChI=1S/C18H21N3O3S/c1-13-2-5-16(25-13)15(22)4-7-18(23)20-17-6-3-14(12-19-17)21-8-10-24-11-9-21/h2-3,5-6,12H,4,7-11H2,1H3,(H,19,20,23). The SMILES string of the molecule is Cc1ccc(C(=O)CCC(=O)Nc2ccc(N3CCOCC3)cn2)s1. The molecule has 1 aliphatic heterocycles. The number of anilines is 2. The molecule has 6 nitrogen and oxygen atoms in total. The molecule has 0 saturated carbocycles. The van der Waals surface area contributed by atoms with Gasteiger partial charge in [-0.2, -0.15) is 0 Å². The molecular formula is C18H21N3O3S. The molecule has 0 unspecified atom stereocenters. The topological polar surface area (TPSA) is 71.5 Å². The number of amides is 1. The Morgan fingerprint density at radius 2 is 2.00 bits per heavy atom. The fraction of sp³-hybridized carbons (Fsp3) is 0.389. The minimum Gasteiger partial charge on any atom is -0.378 e. The van der Waals surface area contributed by atoms with Crippen molar-refractivity contribution in [3.05, 3.63) is 40.2 Å². The number of aryl methyl sites for hydroxylation is 1. The van der Waals surface area contributed by atoms with Gasteiger partial charge < -0.3 is 15.0 Å². The number of Topliss-reactive ketones (excluding diaryl/α,β-unsaturated/α-hetero) is 1. The Kier molecular flexibility index (Phi) is 5.78. The number of hydrogen-bond acceptors (Lipinski definition) is 6. The maximum absolute atomic E-state index is 12.0. The second-order valence-corrected chi connectivity index (χ2v) is 7.17. The quantitative estimate of drug-likeness (QED) is 0.803. The average Bonchev–Trinajstić information content (AvgIpc) is 3.08. The van der Waals surface area contributed by atoms with Crippen molar-refractivity contribution < 1.29 is 14.3 Å². The summed E-state index contributed by atoms with van der Waals surface area (Å²) >= 11 is 1.46. The van der Waals surface area contributed by atoms with E-state index >= 15 is 0 Å². The number of carbonyl (C=O) groups is 2. The second-order valence-electron chi connectivity index (χ2n) is 5.88. The number of morpholine rings is 1. The number of ketones is 1. The number of pyridine rings is 1. The van der Waals surface area contributed by atoms with Crippen LogP contribution < -0.4 is 10.2 Å². The van der Waals surface area contributed by atoms with E-state index in [9.17, 15) is 9.59 Å². The molecule has 0 bridgehead atoms. The van der Waals surface area contributed by atoms with Gasteiger partial charge in [0.2, 0.25) is 5.91 Å². The second kappa shape index (κ2) is 8.22. The van der Waals surface area contributed by atoms with E-state index in [-0.39, 0.29) is 24.5 Å². The molecule has 25 heavy (non-hydrogen) atoms. The molecule has 1 saturated heterocycles. The van der Waals surface area contributed by atoms with E-state index in [0.717, 1.165) is 36.9 Å². The van der Waals surface area contributed by atoms with Crippen molar-refractivity contribution >= 4 is 34.5 Å². The van der Waals surface area contributed by atoms with Crippen molar-refractivity contribution in [1.82, 2.24) is 4.98 Å². The first-order chi connectivity index (χ1) is 12.1. The van der Waals surface area contributed by atoms with E-state index in [1.807, 2.05) is 25.1 Å². The third-order valence-corrected chi connectivity index (χ3v) is 5.03. The molecule has 0 radical (unpaired) electrons. The van der Waals surface area contributed by atoms with Gasteiger partial charge in [0.1, 0.15) is 5.82 Å². The van der Waals surface area contributed by atoms with E-state index in [0.29, 0.717) is 10.7 Å². The number of thiophene rings is 1. The van der Waals surface area contributed by atoms with E-state index in [2.05, 4.69) is 15.2 Å². The molecule has 0 atom stereocenters. The monoisotopic (exact) mass is 359 g/mol. The molecule has 2 aromatic rings. The van der Waals surface area contributed by atoms with Crippen LogP contribution in [0, 0.1) is 6.92 Å². The number of nitrogens with one attached hydrogen (secondary N) is 1. The summed E-state index contributed by atoms with van der Waals surface area (Å²) in [5.74, 6) is 0.304. The Balaban J connectivity index is 1.48. The number of ether oxygens (including phenoxy) is 1. The summed E-state index contributed by atoms with van der Waals surface area (Å²) in [6.45, 7) is 5.09. The summed E-state index contributed by atoms with van der Waals surface area (Å²) < 4.78 is 5.33. The van der Waals surface area contributed by atoms with Gasteiger partial charge in [-0.3, -0.25) is 9.59 Å². The molecule has 3 heterocycles. The van der Waals surface area contributed by atoms with E-state index in [4.69, 9.17) is 4.74 Å². The van der Waals surface area contributed by atoms with Crippen LogP contribution in [0.4, 0.5) is 11.5 Å². The summed E-state index contributed by atoms with van der Waals surface area (Å²) in [7, 11) is 0. The van der Waals surface area contributed by atoms with Gasteiger partial charge >= 0.3 is 0 Å². The predicted molar refractivity (Wildman–Crippen MR) is 98.5 cm³/mol. The minimum atomic E-state index is -0.201. The molecule has 132 valence electrons. The number of nitrogens with zero attached hydrogens (tertiary/aromatic N) is 2. The zero-order valence-electron chi connectivity index (χ0n) is 14.2. The van der Waals surface area contributed by atoms with Gasteiger partial charge in [-0.05, 0) is 31.2 Å². The molecule has 1 amide bonds. The first-order valence-corrected chi connectivity index (χ1v) is 9.12. The highest BCUT2D eigenvalue weighted by molar-refractivity contribution is 7.14. The van der Waals surface area contributed by atoms with Gasteiger partial charge in [-0.15, -0.1) is 11.3 Å². The maximum Gasteiger partial charge on any atom is 0.225 e. The smallest absolute Gasteiger partial charge is 0.225 e. The van der Waals surface area contributed by atoms with E-state index in [1.165, 1.54) is 11.3 Å². The Bertz CT molecular complexity index is 736. The lowest BCUT2D eigenvalue weighted by atomic mass is 10.2. The van der Waals surface area contributed by atoms with Crippen LogP contribution in [0.3, 0.4) is 0 Å². The van der Waals surface area contributed by atoms with Crippen LogP contribution in [0.2, 0.25) is 0 Å². The van der Waals surface area contributed by atoms with Gasteiger partial charge in [0.25, 0.3) is 0 Å². The molecular weight excluding hydrogens is 338 g/mol. The molecule has 2 aromatic heterocycles. The van der Waals surface area contributed by atoms with Crippen molar-refractivity contribution in [2.24, 2.45) is 0 Å². The number of rotatable bonds is 6. The zero-order chi connectivity index (χ0) is 17.6. The van der Waals surface area contributed by atoms with Gasteiger partial charge in [0.15, 0.2) is 5.78 Å². The molecule has 1 fully saturated rings. The highest BCUT2D eigenvalue weighted by atomic mass is 32.1. The molecule has 1 N–H and O–H groups in total. The Morgan fingerprint density at radius 3 is 2.64 bits per heavy atom. The van der Waals surface area contributed by atoms with Crippen molar-refractivity contribution in [2.45, 2.75) is 19.8 Å². The fourth-order valence-electron chi connectivity index (χ4n) is 2.61. The summed E-state index contributed by atoms with van der Waals surface area (Å²) in [5, 5.41) is 2.74. The van der Waals surface area contributed by atoms with Crippen LogP contribution in [0.5, 0.6) is 0 Å². The molecule has 0 aliphatic carbocycles. The predicted octanol–water partition coefficient (Wildman–Crippen LogP) is 2.89. The van der Waals surface area contributed by atoms with Crippen LogP contribution in [-0.2, 0) is 9.53 Å². The highest BCUT2D eigenvalue weighted by Gasteiger charge is 2.13. The molecule has 0 spiro atoms.